The third-order valence-corrected chi connectivity index (χ3v) is 6.50. The average Bonchev–Trinajstić information content (AvgIpc) is 3.15. The number of ether oxygens (including phenoxy) is 1. The van der Waals surface area contributed by atoms with Crippen LogP contribution in [0.2, 0.25) is 0 Å². The molecule has 1 N–H and O–H groups in total. The van der Waals surface area contributed by atoms with E-state index < -0.39 is 16.0 Å². The summed E-state index contributed by atoms with van der Waals surface area (Å²) in [5.74, 6) is -0.340. The molecule has 2 aromatic rings. The lowest BCUT2D eigenvalue weighted by Gasteiger charge is -2.19. The summed E-state index contributed by atoms with van der Waals surface area (Å²) in [6.45, 7) is 6.89. The molecule has 0 saturated heterocycles. The molecule has 0 saturated carbocycles. The number of esters is 1. The lowest BCUT2D eigenvalue weighted by Crippen LogP contribution is -2.30. The first-order chi connectivity index (χ1) is 12.8. The van der Waals surface area contributed by atoms with Crippen LogP contribution < -0.4 is 5.32 Å². The topological polar surface area (TPSA) is 88.9 Å². The van der Waals surface area contributed by atoms with Crippen LogP contribution in [0.25, 0.3) is 0 Å². The summed E-state index contributed by atoms with van der Waals surface area (Å²) < 4.78 is 36.4. The van der Waals surface area contributed by atoms with E-state index in [1.807, 2.05) is 20.8 Å². The summed E-state index contributed by atoms with van der Waals surface area (Å²) in [7, 11) is -2.16. The van der Waals surface area contributed by atoms with Crippen LogP contribution in [-0.4, -0.2) is 38.9 Å². The number of nitrogens with zero attached hydrogens (tertiary/aromatic N) is 1. The summed E-state index contributed by atoms with van der Waals surface area (Å²) in [6, 6.07) is 8.51. The van der Waals surface area contributed by atoms with Gasteiger partial charge in [-0.25, -0.2) is 13.2 Å². The van der Waals surface area contributed by atoms with Gasteiger partial charge in [0.1, 0.15) is 0 Å². The number of carbonyl (C=O) groups excluding carboxylic acids is 1. The molecule has 1 aromatic carbocycles. The summed E-state index contributed by atoms with van der Waals surface area (Å²) in [5, 5.41) is 3.30. The highest BCUT2D eigenvalue weighted by atomic mass is 32.2. The molecule has 148 valence electrons. The van der Waals surface area contributed by atoms with E-state index in [2.05, 4.69) is 10.1 Å². The molecule has 27 heavy (non-hydrogen) atoms. The van der Waals surface area contributed by atoms with Crippen molar-refractivity contribution in [3.05, 3.63) is 53.5 Å². The third-order valence-electron chi connectivity index (χ3n) is 4.44. The summed E-state index contributed by atoms with van der Waals surface area (Å²) >= 11 is 0. The monoisotopic (exact) mass is 394 g/mol. The van der Waals surface area contributed by atoms with Crippen molar-refractivity contribution in [2.75, 3.05) is 20.2 Å². The molecule has 7 nitrogen and oxygen atoms in total. The molecule has 2 rings (SSSR count). The Morgan fingerprint density at radius 3 is 2.37 bits per heavy atom. The van der Waals surface area contributed by atoms with Crippen LogP contribution in [0.3, 0.4) is 0 Å². The first-order valence-electron chi connectivity index (χ1n) is 8.83. The molecule has 0 bridgehead atoms. The maximum atomic E-state index is 12.5. The average molecular weight is 394 g/mol. The van der Waals surface area contributed by atoms with Crippen LogP contribution in [0.5, 0.6) is 0 Å². The van der Waals surface area contributed by atoms with Crippen LogP contribution in [-0.2, 0) is 21.3 Å². The second-order valence-electron chi connectivity index (χ2n) is 6.03. The Balaban J connectivity index is 2.07. The van der Waals surface area contributed by atoms with Crippen LogP contribution in [0.1, 0.15) is 48.5 Å². The third kappa shape index (κ3) is 4.77. The van der Waals surface area contributed by atoms with Gasteiger partial charge < -0.3 is 14.5 Å². The van der Waals surface area contributed by atoms with E-state index in [9.17, 15) is 13.2 Å². The standard InChI is InChI=1S/C19H26N2O5S/c1-5-21(6-2)27(23,24)17-9-7-15(8-10-17)14(3)20-13-16-11-12-26-18(16)19(22)25-4/h7-12,14,20H,5-6,13H2,1-4H3. The Labute approximate surface area is 160 Å². The van der Waals surface area contributed by atoms with Gasteiger partial charge in [0.2, 0.25) is 15.8 Å². The minimum Gasteiger partial charge on any atom is -0.463 e. The molecule has 0 spiro atoms. The number of hydrogen-bond donors (Lipinski definition) is 1. The zero-order valence-corrected chi connectivity index (χ0v) is 16.9. The van der Waals surface area contributed by atoms with Gasteiger partial charge in [0.25, 0.3) is 0 Å². The van der Waals surface area contributed by atoms with E-state index in [0.717, 1.165) is 5.56 Å². The van der Waals surface area contributed by atoms with Crippen molar-refractivity contribution in [3.8, 4) is 0 Å². The minimum atomic E-state index is -3.46. The maximum absolute atomic E-state index is 12.5. The van der Waals surface area contributed by atoms with Crippen molar-refractivity contribution in [2.45, 2.75) is 38.3 Å². The SMILES string of the molecule is CCN(CC)S(=O)(=O)c1ccc(C(C)NCc2ccoc2C(=O)OC)cc1. The quantitative estimate of drug-likeness (QED) is 0.658. The second-order valence-corrected chi connectivity index (χ2v) is 7.97. The van der Waals surface area contributed by atoms with Gasteiger partial charge in [0, 0.05) is 31.2 Å². The van der Waals surface area contributed by atoms with E-state index in [1.54, 1.807) is 30.3 Å². The summed E-state index contributed by atoms with van der Waals surface area (Å²) in [4.78, 5) is 11.9. The maximum Gasteiger partial charge on any atom is 0.374 e. The van der Waals surface area contributed by atoms with Crippen LogP contribution in [0.15, 0.2) is 45.9 Å². The van der Waals surface area contributed by atoms with Gasteiger partial charge >= 0.3 is 5.97 Å². The number of carbonyl (C=O) groups is 1. The number of rotatable bonds is 9. The number of nitrogens with one attached hydrogen (secondary N) is 1. The first-order valence-corrected chi connectivity index (χ1v) is 10.3. The van der Waals surface area contributed by atoms with E-state index in [-0.39, 0.29) is 16.7 Å². The van der Waals surface area contributed by atoms with Crippen molar-refractivity contribution < 1.29 is 22.4 Å². The van der Waals surface area contributed by atoms with Crippen molar-refractivity contribution in [2.24, 2.45) is 0 Å². The molecule has 0 fully saturated rings. The predicted molar refractivity (Wildman–Crippen MR) is 102 cm³/mol. The van der Waals surface area contributed by atoms with Crippen molar-refractivity contribution in [1.82, 2.24) is 9.62 Å². The lowest BCUT2D eigenvalue weighted by molar-refractivity contribution is 0.0563. The second kappa shape index (κ2) is 9.16. The van der Waals surface area contributed by atoms with Gasteiger partial charge in [-0.05, 0) is 30.7 Å². The van der Waals surface area contributed by atoms with Crippen LogP contribution >= 0.6 is 0 Å². The molecular formula is C19H26N2O5S. The van der Waals surface area contributed by atoms with Crippen molar-refractivity contribution >= 4 is 16.0 Å². The Morgan fingerprint density at radius 2 is 1.81 bits per heavy atom. The van der Waals surface area contributed by atoms with Crippen LogP contribution in [0, 0.1) is 0 Å². The number of sulfonamides is 1. The highest BCUT2D eigenvalue weighted by Gasteiger charge is 2.22. The van der Waals surface area contributed by atoms with Gasteiger partial charge in [-0.1, -0.05) is 26.0 Å². The molecule has 0 aliphatic heterocycles. The molecule has 1 unspecified atom stereocenters. The molecule has 0 radical (unpaired) electrons. The van der Waals surface area contributed by atoms with Crippen molar-refractivity contribution in [3.63, 3.8) is 0 Å². The summed E-state index contributed by atoms with van der Waals surface area (Å²) in [6.07, 6.45) is 1.45. The van der Waals surface area contributed by atoms with E-state index >= 15 is 0 Å². The number of benzene rings is 1. The number of hydrogen-bond acceptors (Lipinski definition) is 6. The Kier molecular flexibility index (Phi) is 7.18. The van der Waals surface area contributed by atoms with Gasteiger partial charge in [0.05, 0.1) is 18.3 Å². The number of furan rings is 1. The lowest BCUT2D eigenvalue weighted by atomic mass is 10.1. The normalized spacial score (nSPS) is 12.9. The van der Waals surface area contributed by atoms with Crippen LogP contribution in [0.4, 0.5) is 0 Å². The highest BCUT2D eigenvalue weighted by molar-refractivity contribution is 7.89. The largest absolute Gasteiger partial charge is 0.463 e. The Morgan fingerprint density at radius 1 is 1.19 bits per heavy atom. The van der Waals surface area contributed by atoms with Gasteiger partial charge in [-0.2, -0.15) is 4.31 Å². The number of methoxy groups -OCH3 is 1. The Bertz CT molecular complexity index is 854. The molecule has 1 atom stereocenters. The molecule has 0 aliphatic rings. The summed E-state index contributed by atoms with van der Waals surface area (Å²) in [5.41, 5.74) is 1.64. The van der Waals surface area contributed by atoms with E-state index in [0.29, 0.717) is 25.2 Å². The zero-order valence-electron chi connectivity index (χ0n) is 16.1. The fourth-order valence-corrected chi connectivity index (χ4v) is 4.23. The highest BCUT2D eigenvalue weighted by Crippen LogP contribution is 2.20. The fraction of sp³-hybridized carbons (Fsp3) is 0.421. The van der Waals surface area contributed by atoms with Gasteiger partial charge in [-0.15, -0.1) is 0 Å². The molecule has 8 heteroatoms. The molecule has 0 aliphatic carbocycles. The van der Waals surface area contributed by atoms with Gasteiger partial charge in [0.15, 0.2) is 0 Å². The van der Waals surface area contributed by atoms with Crippen molar-refractivity contribution in [1.29, 1.82) is 0 Å². The molecule has 1 heterocycles. The fourth-order valence-electron chi connectivity index (χ4n) is 2.77. The smallest absolute Gasteiger partial charge is 0.374 e. The molecular weight excluding hydrogens is 368 g/mol. The zero-order chi connectivity index (χ0) is 20.0. The van der Waals surface area contributed by atoms with Gasteiger partial charge in [-0.3, -0.25) is 0 Å². The van der Waals surface area contributed by atoms with E-state index in [1.165, 1.54) is 17.7 Å². The molecule has 1 aromatic heterocycles. The first kappa shape index (κ1) is 21.1. The van der Waals surface area contributed by atoms with E-state index in [4.69, 9.17) is 4.42 Å². The Hall–Kier alpha value is -2.16. The minimum absolute atomic E-state index is 0.0457. The predicted octanol–water partition coefficient (Wildman–Crippen LogP) is 2.95. The molecule has 0 amide bonds.